The van der Waals surface area contributed by atoms with Crippen LogP contribution in [-0.2, 0) is 14.3 Å². The lowest BCUT2D eigenvalue weighted by Crippen LogP contribution is -2.41. The number of methoxy groups -OCH3 is 1. The predicted octanol–water partition coefficient (Wildman–Crippen LogP) is -1.38. The average Bonchev–Trinajstić information content (AvgIpc) is 2.77. The highest BCUT2D eigenvalue weighted by molar-refractivity contribution is 5.83. The smallest absolute Gasteiger partial charge is 0.237 e. The van der Waals surface area contributed by atoms with Gasteiger partial charge in [-0.1, -0.05) is 0 Å². The van der Waals surface area contributed by atoms with Crippen molar-refractivity contribution in [3.8, 4) is 0 Å². The molecule has 0 saturated carbocycles. The SMILES string of the molecule is CNC(=O)CCNC(=O)C1CC(OC)CN1. The van der Waals surface area contributed by atoms with Crippen molar-refractivity contribution in [1.29, 1.82) is 0 Å². The molecule has 2 atom stereocenters. The third kappa shape index (κ3) is 3.79. The molecule has 2 unspecified atom stereocenters. The number of nitrogens with one attached hydrogen (secondary N) is 3. The van der Waals surface area contributed by atoms with Gasteiger partial charge in [0.05, 0.1) is 12.1 Å². The van der Waals surface area contributed by atoms with E-state index in [-0.39, 0.29) is 24.0 Å². The molecule has 0 aromatic heterocycles. The van der Waals surface area contributed by atoms with E-state index < -0.39 is 0 Å². The second-order valence-electron chi connectivity index (χ2n) is 3.77. The Morgan fingerprint density at radius 1 is 1.50 bits per heavy atom. The van der Waals surface area contributed by atoms with E-state index in [1.165, 1.54) is 0 Å². The number of carbonyl (C=O) groups is 2. The minimum Gasteiger partial charge on any atom is -0.380 e. The van der Waals surface area contributed by atoms with Gasteiger partial charge in [0, 0.05) is 33.7 Å². The molecule has 92 valence electrons. The van der Waals surface area contributed by atoms with Crippen LogP contribution in [0.3, 0.4) is 0 Å². The van der Waals surface area contributed by atoms with Gasteiger partial charge >= 0.3 is 0 Å². The molecule has 0 aromatic carbocycles. The molecule has 3 N–H and O–H groups in total. The van der Waals surface area contributed by atoms with E-state index in [0.29, 0.717) is 25.9 Å². The summed E-state index contributed by atoms with van der Waals surface area (Å²) in [5, 5.41) is 8.29. The number of rotatable bonds is 5. The van der Waals surface area contributed by atoms with E-state index >= 15 is 0 Å². The summed E-state index contributed by atoms with van der Waals surface area (Å²) < 4.78 is 5.15. The Kier molecular flexibility index (Phi) is 5.21. The molecule has 2 amide bonds. The van der Waals surface area contributed by atoms with Gasteiger partial charge in [0.1, 0.15) is 0 Å². The van der Waals surface area contributed by atoms with Crippen LogP contribution >= 0.6 is 0 Å². The van der Waals surface area contributed by atoms with Crippen molar-refractivity contribution in [2.75, 3.05) is 27.2 Å². The molecule has 1 aliphatic heterocycles. The van der Waals surface area contributed by atoms with Crippen LogP contribution in [0.4, 0.5) is 0 Å². The fraction of sp³-hybridized carbons (Fsp3) is 0.800. The Balaban J connectivity index is 2.18. The van der Waals surface area contributed by atoms with E-state index in [9.17, 15) is 9.59 Å². The minimum atomic E-state index is -0.199. The van der Waals surface area contributed by atoms with Crippen molar-refractivity contribution in [3.63, 3.8) is 0 Å². The van der Waals surface area contributed by atoms with Crippen LogP contribution in [0.2, 0.25) is 0 Å². The molecule has 1 fully saturated rings. The average molecular weight is 229 g/mol. The summed E-state index contributed by atoms with van der Waals surface area (Å²) in [5.74, 6) is -0.141. The summed E-state index contributed by atoms with van der Waals surface area (Å²) in [7, 11) is 3.21. The Morgan fingerprint density at radius 2 is 2.25 bits per heavy atom. The second kappa shape index (κ2) is 6.44. The molecule has 1 heterocycles. The number of ether oxygens (including phenoxy) is 1. The first-order chi connectivity index (χ1) is 7.67. The standard InChI is InChI=1S/C10H19N3O3/c1-11-9(14)3-4-12-10(15)8-5-7(16-2)6-13-8/h7-8,13H,3-6H2,1-2H3,(H,11,14)(H,12,15). The Hall–Kier alpha value is -1.14. The molecule has 1 saturated heterocycles. The molecule has 6 heteroatoms. The van der Waals surface area contributed by atoms with E-state index in [1.807, 2.05) is 0 Å². The van der Waals surface area contributed by atoms with Crippen LogP contribution in [0, 0.1) is 0 Å². The van der Waals surface area contributed by atoms with E-state index in [4.69, 9.17) is 4.74 Å². The maximum atomic E-state index is 11.6. The summed E-state index contributed by atoms with van der Waals surface area (Å²) in [6.45, 7) is 1.07. The van der Waals surface area contributed by atoms with E-state index in [0.717, 1.165) is 0 Å². The molecule has 16 heavy (non-hydrogen) atoms. The summed E-state index contributed by atoms with van der Waals surface area (Å²) in [6, 6.07) is -0.199. The van der Waals surface area contributed by atoms with Gasteiger partial charge in [0.15, 0.2) is 0 Å². The molecule has 6 nitrogen and oxygen atoms in total. The second-order valence-corrected chi connectivity index (χ2v) is 3.77. The third-order valence-corrected chi connectivity index (χ3v) is 2.67. The van der Waals surface area contributed by atoms with Gasteiger partial charge in [0.25, 0.3) is 0 Å². The predicted molar refractivity (Wildman–Crippen MR) is 58.9 cm³/mol. The Labute approximate surface area is 95.1 Å². The van der Waals surface area contributed by atoms with Crippen LogP contribution in [0.1, 0.15) is 12.8 Å². The van der Waals surface area contributed by atoms with Crippen LogP contribution in [0.5, 0.6) is 0 Å². The van der Waals surface area contributed by atoms with Crippen molar-refractivity contribution in [3.05, 3.63) is 0 Å². The zero-order valence-electron chi connectivity index (χ0n) is 9.71. The van der Waals surface area contributed by atoms with Gasteiger partial charge in [-0.15, -0.1) is 0 Å². The molecular weight excluding hydrogens is 210 g/mol. The van der Waals surface area contributed by atoms with Gasteiger partial charge in [-0.2, -0.15) is 0 Å². The number of amides is 2. The highest BCUT2D eigenvalue weighted by atomic mass is 16.5. The first-order valence-electron chi connectivity index (χ1n) is 5.41. The van der Waals surface area contributed by atoms with Crippen LogP contribution in [0.25, 0.3) is 0 Å². The fourth-order valence-electron chi connectivity index (χ4n) is 1.63. The van der Waals surface area contributed by atoms with Crippen LogP contribution < -0.4 is 16.0 Å². The van der Waals surface area contributed by atoms with Crippen LogP contribution in [-0.4, -0.2) is 51.2 Å². The van der Waals surface area contributed by atoms with Gasteiger partial charge in [-0.05, 0) is 6.42 Å². The zero-order chi connectivity index (χ0) is 12.0. The van der Waals surface area contributed by atoms with E-state index in [2.05, 4.69) is 16.0 Å². The topological polar surface area (TPSA) is 79.5 Å². The van der Waals surface area contributed by atoms with Crippen molar-refractivity contribution in [1.82, 2.24) is 16.0 Å². The van der Waals surface area contributed by atoms with Gasteiger partial charge in [0.2, 0.25) is 11.8 Å². The third-order valence-electron chi connectivity index (χ3n) is 2.67. The van der Waals surface area contributed by atoms with E-state index in [1.54, 1.807) is 14.2 Å². The molecule has 0 aromatic rings. The lowest BCUT2D eigenvalue weighted by Gasteiger charge is -2.10. The number of hydrogen-bond acceptors (Lipinski definition) is 4. The maximum absolute atomic E-state index is 11.6. The van der Waals surface area contributed by atoms with Crippen molar-refractivity contribution in [2.24, 2.45) is 0 Å². The number of hydrogen-bond donors (Lipinski definition) is 3. The summed E-state index contributed by atoms with van der Waals surface area (Å²) >= 11 is 0. The normalized spacial score (nSPS) is 24.1. The monoisotopic (exact) mass is 229 g/mol. The summed E-state index contributed by atoms with van der Waals surface area (Å²) in [6.07, 6.45) is 1.10. The van der Waals surface area contributed by atoms with Gasteiger partial charge in [-0.3, -0.25) is 9.59 Å². The molecule has 0 bridgehead atoms. The highest BCUT2D eigenvalue weighted by Crippen LogP contribution is 2.09. The molecule has 1 aliphatic rings. The van der Waals surface area contributed by atoms with Gasteiger partial charge in [-0.25, -0.2) is 0 Å². The molecule has 1 rings (SSSR count). The van der Waals surface area contributed by atoms with Crippen molar-refractivity contribution >= 4 is 11.8 Å². The van der Waals surface area contributed by atoms with Crippen molar-refractivity contribution in [2.45, 2.75) is 25.0 Å². The molecule has 0 radical (unpaired) electrons. The molecule has 0 spiro atoms. The first kappa shape index (κ1) is 12.9. The minimum absolute atomic E-state index is 0.0662. The summed E-state index contributed by atoms with van der Waals surface area (Å²) in [4.78, 5) is 22.5. The lowest BCUT2D eigenvalue weighted by molar-refractivity contribution is -0.123. The maximum Gasteiger partial charge on any atom is 0.237 e. The quantitative estimate of drug-likeness (QED) is 0.542. The number of carbonyl (C=O) groups excluding carboxylic acids is 2. The highest BCUT2D eigenvalue weighted by Gasteiger charge is 2.28. The molecular formula is C10H19N3O3. The van der Waals surface area contributed by atoms with Gasteiger partial charge < -0.3 is 20.7 Å². The zero-order valence-corrected chi connectivity index (χ0v) is 9.71. The summed E-state index contributed by atoms with van der Waals surface area (Å²) in [5.41, 5.74) is 0. The first-order valence-corrected chi connectivity index (χ1v) is 5.41. The Morgan fingerprint density at radius 3 is 2.81 bits per heavy atom. The lowest BCUT2D eigenvalue weighted by atomic mass is 10.2. The fourth-order valence-corrected chi connectivity index (χ4v) is 1.63. The Bertz CT molecular complexity index is 258. The molecule has 0 aliphatic carbocycles. The van der Waals surface area contributed by atoms with Crippen LogP contribution in [0.15, 0.2) is 0 Å². The van der Waals surface area contributed by atoms with Crippen molar-refractivity contribution < 1.29 is 14.3 Å². The largest absolute Gasteiger partial charge is 0.380 e.